The first-order valence-electron chi connectivity index (χ1n) is 16.1. The Hall–Kier alpha value is -5.07. The van der Waals surface area contributed by atoms with E-state index in [1.807, 2.05) is 0 Å². The van der Waals surface area contributed by atoms with E-state index in [2.05, 4.69) is 174 Å². The van der Waals surface area contributed by atoms with Crippen LogP contribution >= 0.6 is 0 Å². The number of fused-ring (bicyclic) bond motifs is 4. The second-order valence-corrected chi connectivity index (χ2v) is 12.7. The molecule has 5 heteroatoms. The maximum atomic E-state index is 5.06. The number of benzene rings is 6. The van der Waals surface area contributed by atoms with E-state index in [4.69, 9.17) is 4.99 Å². The average molecular weight is 598 g/mol. The average Bonchev–Trinajstić information content (AvgIpc) is 3.70. The number of allylic oxidation sites excluding steroid dienone is 2. The predicted octanol–water partition coefficient (Wildman–Crippen LogP) is 9.16. The maximum absolute atomic E-state index is 5.06. The Morgan fingerprint density at radius 1 is 0.565 bits per heavy atom. The highest BCUT2D eigenvalue weighted by Gasteiger charge is 2.60. The van der Waals surface area contributed by atoms with Gasteiger partial charge in [-0.15, -0.1) is 0 Å². The first-order chi connectivity index (χ1) is 22.6. The van der Waals surface area contributed by atoms with Gasteiger partial charge in [0.1, 0.15) is 24.7 Å². The van der Waals surface area contributed by atoms with E-state index in [1.54, 1.807) is 0 Å². The highest BCUT2D eigenvalue weighted by atomic mass is 15.9. The lowest BCUT2D eigenvalue weighted by molar-refractivity contribution is 0.314. The minimum absolute atomic E-state index is 0.00820. The van der Waals surface area contributed by atoms with Crippen molar-refractivity contribution in [3.8, 4) is 11.1 Å². The van der Waals surface area contributed by atoms with Crippen LogP contribution in [0.25, 0.3) is 32.7 Å². The Balaban J connectivity index is 1.23. The molecule has 0 amide bonds. The van der Waals surface area contributed by atoms with Crippen LogP contribution in [0.15, 0.2) is 150 Å². The third-order valence-corrected chi connectivity index (χ3v) is 9.58. The molecule has 2 N–H and O–H groups in total. The number of nitrogens with zero attached hydrogens (tertiary/aromatic N) is 3. The van der Waals surface area contributed by atoms with Crippen LogP contribution in [0.2, 0.25) is 0 Å². The summed E-state index contributed by atoms with van der Waals surface area (Å²) in [4.78, 5) is 5.06. The minimum atomic E-state index is -0.156. The molecule has 9 rings (SSSR count). The molecule has 6 atom stereocenters. The van der Waals surface area contributed by atoms with E-state index in [9.17, 15) is 0 Å². The van der Waals surface area contributed by atoms with Crippen molar-refractivity contribution in [2.45, 2.75) is 38.5 Å². The molecular weight excluding hydrogens is 562 g/mol. The van der Waals surface area contributed by atoms with Gasteiger partial charge in [0, 0.05) is 11.4 Å². The highest BCUT2D eigenvalue weighted by Crippen LogP contribution is 2.57. The third-order valence-electron chi connectivity index (χ3n) is 9.58. The van der Waals surface area contributed by atoms with E-state index in [-0.39, 0.29) is 24.7 Å². The van der Waals surface area contributed by atoms with Crippen LogP contribution < -0.4 is 10.6 Å². The molecule has 3 heterocycles. The van der Waals surface area contributed by atoms with E-state index >= 15 is 0 Å². The molecule has 6 unspecified atom stereocenters. The van der Waals surface area contributed by atoms with Crippen molar-refractivity contribution in [3.63, 3.8) is 0 Å². The molecule has 0 aliphatic carbocycles. The van der Waals surface area contributed by atoms with Gasteiger partial charge < -0.3 is 5.32 Å². The summed E-state index contributed by atoms with van der Waals surface area (Å²) >= 11 is 0. The van der Waals surface area contributed by atoms with Crippen LogP contribution in [0.3, 0.4) is 0 Å². The number of rotatable bonds is 5. The quantitative estimate of drug-likeness (QED) is 0.154. The second kappa shape index (κ2) is 10.8. The van der Waals surface area contributed by atoms with Gasteiger partial charge in [-0.1, -0.05) is 109 Å². The summed E-state index contributed by atoms with van der Waals surface area (Å²) in [5, 5.41) is 17.7. The monoisotopic (exact) mass is 597 g/mol. The lowest BCUT2D eigenvalue weighted by atomic mass is 9.90. The van der Waals surface area contributed by atoms with Crippen molar-refractivity contribution in [1.29, 1.82) is 0 Å². The molecule has 0 radical (unpaired) electrons. The van der Waals surface area contributed by atoms with Crippen molar-refractivity contribution in [2.75, 3.05) is 0 Å². The van der Waals surface area contributed by atoms with Gasteiger partial charge in [0.15, 0.2) is 0 Å². The largest absolute Gasteiger partial charge is 0.364 e. The lowest BCUT2D eigenvalue weighted by Crippen LogP contribution is -2.28. The molecule has 5 nitrogen and oxygen atoms in total. The molecule has 0 spiro atoms. The Bertz CT molecular complexity index is 2170. The van der Waals surface area contributed by atoms with Gasteiger partial charge in [-0.25, -0.2) is 0 Å². The zero-order valence-corrected chi connectivity index (χ0v) is 25.9. The van der Waals surface area contributed by atoms with Crippen molar-refractivity contribution in [2.24, 2.45) is 4.99 Å². The van der Waals surface area contributed by atoms with Crippen LogP contribution in [0, 0.1) is 0 Å². The predicted molar refractivity (Wildman–Crippen MR) is 188 cm³/mol. The molecule has 2 saturated heterocycles. The molecule has 2 fully saturated rings. The summed E-state index contributed by atoms with van der Waals surface area (Å²) < 4.78 is 0. The fourth-order valence-corrected chi connectivity index (χ4v) is 7.56. The summed E-state index contributed by atoms with van der Waals surface area (Å²) in [7, 11) is 0. The van der Waals surface area contributed by atoms with Gasteiger partial charge in [-0.2, -0.15) is 10.0 Å². The van der Waals surface area contributed by atoms with Gasteiger partial charge in [0.2, 0.25) is 0 Å². The Kier molecular flexibility index (Phi) is 6.39. The zero-order valence-electron chi connectivity index (χ0n) is 25.9. The molecule has 224 valence electrons. The second-order valence-electron chi connectivity index (χ2n) is 12.7. The van der Waals surface area contributed by atoms with E-state index in [1.165, 1.54) is 49.4 Å². The van der Waals surface area contributed by atoms with Crippen molar-refractivity contribution >= 4 is 27.3 Å². The Labute approximate surface area is 269 Å². The maximum Gasteiger partial charge on any atom is 0.144 e. The molecule has 3 aliphatic heterocycles. The van der Waals surface area contributed by atoms with E-state index in [0.29, 0.717) is 0 Å². The number of hydrogen-bond acceptors (Lipinski definition) is 5. The van der Waals surface area contributed by atoms with Crippen LogP contribution in [0.1, 0.15) is 60.8 Å². The number of nitrogens with one attached hydrogen (secondary N) is 2. The van der Waals surface area contributed by atoms with Gasteiger partial charge in [0.25, 0.3) is 0 Å². The first-order valence-corrected chi connectivity index (χ1v) is 16.1. The summed E-state index contributed by atoms with van der Waals surface area (Å²) in [6.07, 6.45) is 2.22. The molecule has 0 bridgehead atoms. The lowest BCUT2D eigenvalue weighted by Gasteiger charge is -2.25. The van der Waals surface area contributed by atoms with Gasteiger partial charge in [0.05, 0.1) is 0 Å². The van der Waals surface area contributed by atoms with Crippen LogP contribution in [0.5, 0.6) is 0 Å². The van der Waals surface area contributed by atoms with Gasteiger partial charge in [-0.3, -0.25) is 10.3 Å². The van der Waals surface area contributed by atoms with E-state index in [0.717, 1.165) is 17.0 Å². The standard InChI is InChI=1S/C41H35N5/c1-26-21-27(2)43-38(42-26)32-22-31(37-25-30-17-9-10-18-34(30)35-19-11-12-20-36(35)37)23-33(24-32)40-44-39(28-13-5-3-6-14-28)45-41(46(40)45)29-15-7-4-8-16-29/h3-25,38-42,44H,1-2H3. The molecule has 46 heavy (non-hydrogen) atoms. The Morgan fingerprint density at radius 3 is 1.91 bits per heavy atom. The minimum Gasteiger partial charge on any atom is -0.364 e. The molecule has 6 aromatic rings. The summed E-state index contributed by atoms with van der Waals surface area (Å²) in [6.45, 7) is 4.20. The van der Waals surface area contributed by atoms with Crippen molar-refractivity contribution < 1.29 is 0 Å². The fourth-order valence-electron chi connectivity index (χ4n) is 7.56. The smallest absolute Gasteiger partial charge is 0.144 e. The molecule has 6 aromatic carbocycles. The normalized spacial score (nSPS) is 25.1. The molecule has 0 aromatic heterocycles. The van der Waals surface area contributed by atoms with E-state index < -0.39 is 0 Å². The van der Waals surface area contributed by atoms with Gasteiger partial charge >= 0.3 is 0 Å². The van der Waals surface area contributed by atoms with Crippen LogP contribution in [0.4, 0.5) is 0 Å². The van der Waals surface area contributed by atoms with Crippen LogP contribution in [-0.4, -0.2) is 15.7 Å². The highest BCUT2D eigenvalue weighted by molar-refractivity contribution is 6.13. The van der Waals surface area contributed by atoms with Gasteiger partial charge in [-0.05, 0) is 99.1 Å². The summed E-state index contributed by atoms with van der Waals surface area (Å²) in [5.41, 5.74) is 9.56. The molecule has 0 saturated carbocycles. The number of aliphatic imine (C=N–C) groups is 1. The zero-order chi connectivity index (χ0) is 30.8. The fraction of sp³-hybridized carbons (Fsp3) is 0.146. The summed E-state index contributed by atoms with van der Waals surface area (Å²) in [5.74, 6) is 0. The number of hydrazine groups is 1. The summed E-state index contributed by atoms with van der Waals surface area (Å²) in [6, 6.07) is 48.6. The SMILES string of the molecule is CC1=CC(C)=NC(c2cc(-c3cc4ccccc4c4ccccc34)cc(C3NC(c4ccccc4)N4C(c5ccccc5)N34)c2)N1. The molecule has 3 aliphatic rings. The third kappa shape index (κ3) is 4.55. The van der Waals surface area contributed by atoms with Crippen molar-refractivity contribution in [3.05, 3.63) is 167 Å². The first kappa shape index (κ1) is 27.3. The molecular formula is C41H35N5. The van der Waals surface area contributed by atoms with Crippen molar-refractivity contribution in [1.82, 2.24) is 20.7 Å². The Morgan fingerprint density at radius 2 is 1.17 bits per heavy atom. The van der Waals surface area contributed by atoms with Crippen LogP contribution in [-0.2, 0) is 0 Å². The number of hydrogen-bond donors (Lipinski definition) is 2. The topological polar surface area (TPSA) is 42.4 Å².